The summed E-state index contributed by atoms with van der Waals surface area (Å²) in [7, 11) is 0. The van der Waals surface area contributed by atoms with Crippen LogP contribution >= 0.6 is 0 Å². The first-order chi connectivity index (χ1) is 8.77. The van der Waals surface area contributed by atoms with Crippen molar-refractivity contribution in [2.45, 2.75) is 39.4 Å². The fourth-order valence-corrected chi connectivity index (χ4v) is 2.19. The smallest absolute Gasteiger partial charge is 0.157 e. The van der Waals surface area contributed by atoms with Gasteiger partial charge >= 0.3 is 0 Å². The molecule has 1 aromatic carbocycles. The molecule has 3 heteroatoms. The van der Waals surface area contributed by atoms with Gasteiger partial charge in [-0.2, -0.15) is 0 Å². The average molecular weight is 250 g/mol. The molecule has 0 saturated carbocycles. The van der Waals surface area contributed by atoms with Gasteiger partial charge in [-0.05, 0) is 44.2 Å². The summed E-state index contributed by atoms with van der Waals surface area (Å²) in [5.74, 6) is 0.977. The van der Waals surface area contributed by atoms with E-state index in [2.05, 4.69) is 26.0 Å². The minimum absolute atomic E-state index is 0.0275. The maximum absolute atomic E-state index is 5.78. The number of hydrogen-bond donors (Lipinski definition) is 0. The predicted molar refractivity (Wildman–Crippen MR) is 71.0 cm³/mol. The largest absolute Gasteiger partial charge is 0.491 e. The molecule has 100 valence electrons. The maximum atomic E-state index is 5.78. The van der Waals surface area contributed by atoms with E-state index in [0.29, 0.717) is 13.2 Å². The molecule has 1 aliphatic rings. The highest BCUT2D eigenvalue weighted by Gasteiger charge is 2.13. The number of benzene rings is 1. The van der Waals surface area contributed by atoms with Crippen LogP contribution in [0.1, 0.15) is 30.4 Å². The monoisotopic (exact) mass is 250 g/mol. The number of ether oxygens (including phenoxy) is 3. The molecule has 1 aliphatic heterocycles. The fraction of sp³-hybridized carbons (Fsp3) is 0.600. The SMILES string of the molecule is Cc1cccc(C)c1OCCO[C@@H]1CCCCO1. The van der Waals surface area contributed by atoms with E-state index in [9.17, 15) is 0 Å². The lowest BCUT2D eigenvalue weighted by molar-refractivity contribution is -0.165. The first kappa shape index (κ1) is 13.4. The Hall–Kier alpha value is -1.06. The predicted octanol–water partition coefficient (Wildman–Crippen LogP) is 3.23. The van der Waals surface area contributed by atoms with Crippen LogP contribution in [0.5, 0.6) is 5.75 Å². The van der Waals surface area contributed by atoms with Crippen molar-refractivity contribution in [1.82, 2.24) is 0 Å². The Kier molecular flexibility index (Phi) is 5.02. The molecule has 1 saturated heterocycles. The molecule has 0 bridgehead atoms. The van der Waals surface area contributed by atoms with Gasteiger partial charge in [0.2, 0.25) is 0 Å². The molecular formula is C15H22O3. The third-order valence-electron chi connectivity index (χ3n) is 3.18. The number of rotatable bonds is 5. The zero-order valence-corrected chi connectivity index (χ0v) is 11.3. The zero-order chi connectivity index (χ0) is 12.8. The molecule has 1 fully saturated rings. The first-order valence-corrected chi connectivity index (χ1v) is 6.69. The molecular weight excluding hydrogens is 228 g/mol. The van der Waals surface area contributed by atoms with Crippen LogP contribution in [-0.2, 0) is 9.47 Å². The average Bonchev–Trinajstić information content (AvgIpc) is 2.38. The maximum Gasteiger partial charge on any atom is 0.157 e. The summed E-state index contributed by atoms with van der Waals surface area (Å²) in [6.07, 6.45) is 3.32. The van der Waals surface area contributed by atoms with Crippen molar-refractivity contribution in [3.63, 3.8) is 0 Å². The second-order valence-electron chi connectivity index (χ2n) is 4.74. The molecule has 1 atom stereocenters. The van der Waals surface area contributed by atoms with Gasteiger partial charge in [0.15, 0.2) is 6.29 Å². The minimum Gasteiger partial charge on any atom is -0.491 e. The van der Waals surface area contributed by atoms with Gasteiger partial charge in [-0.1, -0.05) is 18.2 Å². The molecule has 0 spiro atoms. The molecule has 1 aromatic rings. The van der Waals surface area contributed by atoms with Gasteiger partial charge in [0.1, 0.15) is 12.4 Å². The van der Waals surface area contributed by atoms with Crippen LogP contribution in [0, 0.1) is 13.8 Å². The van der Waals surface area contributed by atoms with Crippen LogP contribution in [0.25, 0.3) is 0 Å². The standard InChI is InChI=1S/C15H22O3/c1-12-6-5-7-13(2)15(12)18-11-10-17-14-8-3-4-9-16-14/h5-7,14H,3-4,8-11H2,1-2H3/t14-/m1/s1. The molecule has 0 unspecified atom stereocenters. The van der Waals surface area contributed by atoms with Crippen molar-refractivity contribution in [3.05, 3.63) is 29.3 Å². The molecule has 0 aromatic heterocycles. The zero-order valence-electron chi connectivity index (χ0n) is 11.3. The van der Waals surface area contributed by atoms with Gasteiger partial charge < -0.3 is 14.2 Å². The van der Waals surface area contributed by atoms with E-state index < -0.39 is 0 Å². The van der Waals surface area contributed by atoms with Crippen LogP contribution < -0.4 is 4.74 Å². The van der Waals surface area contributed by atoms with Crippen molar-refractivity contribution in [2.75, 3.05) is 19.8 Å². The van der Waals surface area contributed by atoms with Crippen molar-refractivity contribution in [3.8, 4) is 5.75 Å². The quantitative estimate of drug-likeness (QED) is 0.751. The summed E-state index contributed by atoms with van der Waals surface area (Å²) in [5, 5.41) is 0. The van der Waals surface area contributed by atoms with E-state index in [4.69, 9.17) is 14.2 Å². The molecule has 0 amide bonds. The van der Waals surface area contributed by atoms with Crippen LogP contribution in [-0.4, -0.2) is 26.1 Å². The van der Waals surface area contributed by atoms with Gasteiger partial charge in [0.05, 0.1) is 6.61 Å². The van der Waals surface area contributed by atoms with E-state index in [0.717, 1.165) is 25.2 Å². The Morgan fingerprint density at radius 3 is 2.61 bits per heavy atom. The lowest BCUT2D eigenvalue weighted by Gasteiger charge is -2.22. The topological polar surface area (TPSA) is 27.7 Å². The molecule has 0 N–H and O–H groups in total. The van der Waals surface area contributed by atoms with Crippen molar-refractivity contribution >= 4 is 0 Å². The van der Waals surface area contributed by atoms with Crippen molar-refractivity contribution in [1.29, 1.82) is 0 Å². The second kappa shape index (κ2) is 6.76. The Balaban J connectivity index is 1.71. The van der Waals surface area contributed by atoms with Gasteiger partial charge in [-0.15, -0.1) is 0 Å². The van der Waals surface area contributed by atoms with Gasteiger partial charge in [0.25, 0.3) is 0 Å². The summed E-state index contributed by atoms with van der Waals surface area (Å²) in [4.78, 5) is 0. The number of aryl methyl sites for hydroxylation is 2. The summed E-state index contributed by atoms with van der Waals surface area (Å²) < 4.78 is 16.9. The van der Waals surface area contributed by atoms with E-state index in [-0.39, 0.29) is 6.29 Å². The van der Waals surface area contributed by atoms with Gasteiger partial charge in [-0.3, -0.25) is 0 Å². The molecule has 0 aliphatic carbocycles. The third-order valence-corrected chi connectivity index (χ3v) is 3.18. The normalized spacial score (nSPS) is 19.8. The summed E-state index contributed by atoms with van der Waals surface area (Å²) >= 11 is 0. The van der Waals surface area contributed by atoms with Crippen LogP contribution in [0.15, 0.2) is 18.2 Å². The molecule has 0 radical (unpaired) electrons. The highest BCUT2D eigenvalue weighted by molar-refractivity contribution is 5.39. The first-order valence-electron chi connectivity index (χ1n) is 6.69. The Labute approximate surface area is 109 Å². The Bertz CT molecular complexity index is 350. The molecule has 18 heavy (non-hydrogen) atoms. The Morgan fingerprint density at radius 2 is 1.94 bits per heavy atom. The van der Waals surface area contributed by atoms with Gasteiger partial charge in [-0.25, -0.2) is 0 Å². The number of para-hydroxylation sites is 1. The molecule has 1 heterocycles. The van der Waals surface area contributed by atoms with E-state index in [1.165, 1.54) is 17.5 Å². The highest BCUT2D eigenvalue weighted by Crippen LogP contribution is 2.22. The second-order valence-corrected chi connectivity index (χ2v) is 4.74. The van der Waals surface area contributed by atoms with E-state index in [1.54, 1.807) is 0 Å². The van der Waals surface area contributed by atoms with E-state index in [1.807, 2.05) is 6.07 Å². The highest BCUT2D eigenvalue weighted by atomic mass is 16.7. The summed E-state index contributed by atoms with van der Waals surface area (Å²) in [6.45, 7) is 6.10. The lowest BCUT2D eigenvalue weighted by Crippen LogP contribution is -2.24. The van der Waals surface area contributed by atoms with Crippen molar-refractivity contribution < 1.29 is 14.2 Å². The van der Waals surface area contributed by atoms with Crippen LogP contribution in [0.4, 0.5) is 0 Å². The van der Waals surface area contributed by atoms with E-state index >= 15 is 0 Å². The minimum atomic E-state index is -0.0275. The molecule has 2 rings (SSSR count). The van der Waals surface area contributed by atoms with Gasteiger partial charge in [0, 0.05) is 6.61 Å². The van der Waals surface area contributed by atoms with Crippen molar-refractivity contribution in [2.24, 2.45) is 0 Å². The molecule has 3 nitrogen and oxygen atoms in total. The number of hydrogen-bond acceptors (Lipinski definition) is 3. The summed E-state index contributed by atoms with van der Waals surface area (Å²) in [5.41, 5.74) is 2.34. The Morgan fingerprint density at radius 1 is 1.17 bits per heavy atom. The third kappa shape index (κ3) is 3.72. The summed E-state index contributed by atoms with van der Waals surface area (Å²) in [6, 6.07) is 6.17. The van der Waals surface area contributed by atoms with Crippen LogP contribution in [0.2, 0.25) is 0 Å². The lowest BCUT2D eigenvalue weighted by atomic mass is 10.1. The van der Waals surface area contributed by atoms with Crippen LogP contribution in [0.3, 0.4) is 0 Å². The fourth-order valence-electron chi connectivity index (χ4n) is 2.19.